The summed E-state index contributed by atoms with van der Waals surface area (Å²) < 4.78 is 28.4. The van der Waals surface area contributed by atoms with E-state index >= 15 is 0 Å². The first-order chi connectivity index (χ1) is 19.0. The molecule has 0 aromatic heterocycles. The van der Waals surface area contributed by atoms with Crippen LogP contribution in [0.4, 0.5) is 0 Å². The van der Waals surface area contributed by atoms with Crippen LogP contribution < -0.4 is 0 Å². The highest BCUT2D eigenvalue weighted by molar-refractivity contribution is 9.09. The molecule has 0 spiro atoms. The van der Waals surface area contributed by atoms with Crippen molar-refractivity contribution in [3.8, 4) is 0 Å². The largest absolute Gasteiger partial charge is 0.459 e. The molecule has 0 bridgehead atoms. The molecule has 0 saturated carbocycles. The number of aliphatic hydroxyl groups excluding tert-OH is 1. The van der Waals surface area contributed by atoms with E-state index in [1.54, 1.807) is 91.0 Å². The number of ether oxygens (including phenoxy) is 5. The minimum absolute atomic E-state index is 0.155. The fraction of sp³-hybridized carbons (Fsp3) is 0.276. The Morgan fingerprint density at radius 1 is 0.718 bits per heavy atom. The van der Waals surface area contributed by atoms with Gasteiger partial charge in [-0.2, -0.15) is 0 Å². The topological polar surface area (TPSA) is 118 Å². The number of esters is 3. The van der Waals surface area contributed by atoms with E-state index in [-0.39, 0.29) is 24.3 Å². The van der Waals surface area contributed by atoms with Crippen LogP contribution >= 0.6 is 15.9 Å². The van der Waals surface area contributed by atoms with Gasteiger partial charge in [0.1, 0.15) is 18.8 Å². The quantitative estimate of drug-likeness (QED) is 0.211. The van der Waals surface area contributed by atoms with Gasteiger partial charge >= 0.3 is 17.9 Å². The Morgan fingerprint density at radius 2 is 1.18 bits per heavy atom. The van der Waals surface area contributed by atoms with E-state index in [2.05, 4.69) is 15.9 Å². The van der Waals surface area contributed by atoms with E-state index in [9.17, 15) is 19.5 Å². The first kappa shape index (κ1) is 28.4. The van der Waals surface area contributed by atoms with Gasteiger partial charge in [-0.05, 0) is 36.4 Å². The van der Waals surface area contributed by atoms with Crippen LogP contribution in [0.5, 0.6) is 0 Å². The van der Waals surface area contributed by atoms with Gasteiger partial charge in [-0.25, -0.2) is 14.4 Å². The first-order valence-corrected chi connectivity index (χ1v) is 13.4. The summed E-state index contributed by atoms with van der Waals surface area (Å²) >= 11 is 3.27. The van der Waals surface area contributed by atoms with Crippen LogP contribution in [0, 0.1) is 0 Å². The number of carbonyl (C=O) groups excluding carboxylic acids is 3. The standard InChI is InChI=1S/C29H27BrO9/c30-16-17-35-29-25(39-28(34)21-14-8-3-9-15-21)23(31)24(38-27(33)20-12-6-2-7-13-20)22(37-29)18-36-26(32)19-10-4-1-5-11-19/h1-15,22-25,29,31H,16-18H2/t22-,23+,24-,25+,29+/m1/s1. The summed E-state index contributed by atoms with van der Waals surface area (Å²) in [6.07, 6.45) is -6.66. The molecule has 9 nitrogen and oxygen atoms in total. The van der Waals surface area contributed by atoms with E-state index in [4.69, 9.17) is 23.7 Å². The lowest BCUT2D eigenvalue weighted by molar-refractivity contribution is -0.297. The Labute approximate surface area is 233 Å². The predicted octanol–water partition coefficient (Wildman–Crippen LogP) is 3.79. The minimum atomic E-state index is -1.57. The number of hydrogen-bond donors (Lipinski definition) is 1. The highest BCUT2D eigenvalue weighted by Gasteiger charge is 2.50. The van der Waals surface area contributed by atoms with Crippen molar-refractivity contribution in [2.24, 2.45) is 0 Å². The van der Waals surface area contributed by atoms with Gasteiger partial charge in [0.15, 0.2) is 18.5 Å². The lowest BCUT2D eigenvalue weighted by atomic mass is 9.98. The summed E-state index contributed by atoms with van der Waals surface area (Å²) in [5, 5.41) is 11.8. The number of hydrogen-bond acceptors (Lipinski definition) is 9. The van der Waals surface area contributed by atoms with Gasteiger partial charge in [-0.15, -0.1) is 0 Å². The van der Waals surface area contributed by atoms with Crippen molar-refractivity contribution in [2.45, 2.75) is 30.7 Å². The molecule has 4 rings (SSSR count). The van der Waals surface area contributed by atoms with Crippen LogP contribution in [0.1, 0.15) is 31.1 Å². The van der Waals surface area contributed by atoms with Crippen molar-refractivity contribution in [1.82, 2.24) is 0 Å². The molecule has 39 heavy (non-hydrogen) atoms. The molecule has 0 aliphatic carbocycles. The van der Waals surface area contributed by atoms with Crippen LogP contribution in [0.15, 0.2) is 91.0 Å². The second kappa shape index (κ2) is 14.0. The maximum absolute atomic E-state index is 12.9. The van der Waals surface area contributed by atoms with Crippen LogP contribution in [0.3, 0.4) is 0 Å². The maximum atomic E-state index is 12.9. The molecule has 1 fully saturated rings. The molecule has 1 aliphatic heterocycles. The fourth-order valence-electron chi connectivity index (χ4n) is 3.94. The van der Waals surface area contributed by atoms with Crippen molar-refractivity contribution in [1.29, 1.82) is 0 Å². The van der Waals surface area contributed by atoms with E-state index in [0.29, 0.717) is 10.9 Å². The van der Waals surface area contributed by atoms with Crippen LogP contribution in [0.2, 0.25) is 0 Å². The van der Waals surface area contributed by atoms with E-state index < -0.39 is 48.6 Å². The van der Waals surface area contributed by atoms with Gasteiger partial charge in [0.2, 0.25) is 0 Å². The molecular formula is C29H27BrO9. The van der Waals surface area contributed by atoms with Gasteiger partial charge in [0, 0.05) is 5.33 Å². The Hall–Kier alpha value is -3.57. The normalized spacial score (nSPS) is 22.5. The second-order valence-electron chi connectivity index (χ2n) is 8.53. The van der Waals surface area contributed by atoms with Crippen molar-refractivity contribution < 1.29 is 43.2 Å². The number of benzene rings is 3. The van der Waals surface area contributed by atoms with E-state index in [0.717, 1.165) is 0 Å². The van der Waals surface area contributed by atoms with E-state index in [1.807, 2.05) is 0 Å². The van der Waals surface area contributed by atoms with Crippen LogP contribution in [-0.4, -0.2) is 72.3 Å². The SMILES string of the molecule is O=C(OC[C@H]1O[C@H](OCCBr)[C@@H](OC(=O)c2ccccc2)[C@@H](O)[C@@H]1OC(=O)c1ccccc1)c1ccccc1. The van der Waals surface area contributed by atoms with Crippen molar-refractivity contribution in [3.63, 3.8) is 0 Å². The Balaban J connectivity index is 1.58. The smallest absolute Gasteiger partial charge is 0.338 e. The fourth-order valence-corrected chi connectivity index (χ4v) is 4.13. The summed E-state index contributed by atoms with van der Waals surface area (Å²) in [6, 6.07) is 24.7. The average Bonchev–Trinajstić information content (AvgIpc) is 2.99. The van der Waals surface area contributed by atoms with Crippen LogP contribution in [0.25, 0.3) is 0 Å². The zero-order valence-electron chi connectivity index (χ0n) is 20.8. The minimum Gasteiger partial charge on any atom is -0.459 e. The molecule has 204 valence electrons. The predicted molar refractivity (Wildman–Crippen MR) is 142 cm³/mol. The summed E-state index contributed by atoms with van der Waals surface area (Å²) in [5.41, 5.74) is 0.800. The third-order valence-corrected chi connectivity index (χ3v) is 6.19. The number of aliphatic hydroxyl groups is 1. The van der Waals surface area contributed by atoms with E-state index in [1.165, 1.54) is 0 Å². The Kier molecular flexibility index (Phi) is 10.2. The molecule has 3 aromatic carbocycles. The van der Waals surface area contributed by atoms with Gasteiger partial charge in [0.05, 0.1) is 23.3 Å². The molecule has 0 unspecified atom stereocenters. The highest BCUT2D eigenvalue weighted by atomic mass is 79.9. The number of rotatable bonds is 10. The maximum Gasteiger partial charge on any atom is 0.338 e. The first-order valence-electron chi connectivity index (χ1n) is 12.2. The molecule has 5 atom stereocenters. The molecule has 10 heteroatoms. The second-order valence-corrected chi connectivity index (χ2v) is 9.32. The lowest BCUT2D eigenvalue weighted by Crippen LogP contribution is -2.62. The summed E-state index contributed by atoms with van der Waals surface area (Å²) in [4.78, 5) is 38.4. The van der Waals surface area contributed by atoms with Gasteiger partial charge < -0.3 is 28.8 Å². The third-order valence-electron chi connectivity index (χ3n) is 5.87. The monoisotopic (exact) mass is 598 g/mol. The molecule has 1 heterocycles. The van der Waals surface area contributed by atoms with Gasteiger partial charge in [0.25, 0.3) is 0 Å². The molecule has 0 radical (unpaired) electrons. The molecule has 1 aliphatic rings. The zero-order valence-corrected chi connectivity index (χ0v) is 22.3. The van der Waals surface area contributed by atoms with Crippen molar-refractivity contribution in [2.75, 3.05) is 18.5 Å². The number of carbonyl (C=O) groups is 3. The molecule has 1 saturated heterocycles. The molecule has 1 N–H and O–H groups in total. The van der Waals surface area contributed by atoms with Crippen molar-refractivity contribution in [3.05, 3.63) is 108 Å². The van der Waals surface area contributed by atoms with Gasteiger partial charge in [-0.3, -0.25) is 0 Å². The van der Waals surface area contributed by atoms with Gasteiger partial charge in [-0.1, -0.05) is 70.5 Å². The molecular weight excluding hydrogens is 572 g/mol. The third kappa shape index (κ3) is 7.51. The zero-order chi connectivity index (χ0) is 27.6. The van der Waals surface area contributed by atoms with Crippen molar-refractivity contribution >= 4 is 33.8 Å². The molecule has 0 amide bonds. The summed E-state index contributed by atoms with van der Waals surface area (Å²) in [6.45, 7) is -0.215. The average molecular weight is 599 g/mol. The lowest BCUT2D eigenvalue weighted by Gasteiger charge is -2.42. The highest BCUT2D eigenvalue weighted by Crippen LogP contribution is 2.29. The number of alkyl halides is 1. The Morgan fingerprint density at radius 3 is 1.67 bits per heavy atom. The summed E-state index contributed by atoms with van der Waals surface area (Å²) in [5.74, 6) is -2.09. The van der Waals surface area contributed by atoms with Crippen LogP contribution in [-0.2, 0) is 23.7 Å². The summed E-state index contributed by atoms with van der Waals surface area (Å²) in [7, 11) is 0. The number of halogens is 1. The Bertz CT molecular complexity index is 1220. The molecule has 3 aromatic rings.